The molecule has 0 radical (unpaired) electrons. The monoisotopic (exact) mass is 351 g/mol. The summed E-state index contributed by atoms with van der Waals surface area (Å²) < 4.78 is 46.8. The van der Waals surface area contributed by atoms with E-state index in [0.717, 1.165) is 31.5 Å². The Hall–Kier alpha value is -2.21. The molecule has 1 fully saturated rings. The van der Waals surface area contributed by atoms with Crippen molar-refractivity contribution in [1.82, 2.24) is 5.32 Å². The van der Waals surface area contributed by atoms with Crippen LogP contribution in [0.4, 0.5) is 13.2 Å². The maximum Gasteiger partial charge on any atom is 0.573 e. The average Bonchev–Trinajstić information content (AvgIpc) is 2.61. The summed E-state index contributed by atoms with van der Waals surface area (Å²) in [5, 5.41) is 3.34. The lowest BCUT2D eigenvalue weighted by molar-refractivity contribution is -0.274. The molecule has 0 bridgehead atoms. The lowest BCUT2D eigenvalue weighted by Crippen LogP contribution is -2.32. The van der Waals surface area contributed by atoms with Crippen molar-refractivity contribution in [2.75, 3.05) is 13.1 Å². The average molecular weight is 351 g/mol. The van der Waals surface area contributed by atoms with Gasteiger partial charge in [0, 0.05) is 5.92 Å². The van der Waals surface area contributed by atoms with Gasteiger partial charge in [-0.3, -0.25) is 0 Å². The number of hydrogen-bond donors (Lipinski definition) is 1. The Balaban J connectivity index is 1.75. The van der Waals surface area contributed by atoms with Crippen molar-refractivity contribution in [3.05, 3.63) is 60.2 Å². The molecule has 25 heavy (non-hydrogen) atoms. The Bertz CT molecular complexity index is 653. The molecule has 0 saturated carbocycles. The predicted octanol–water partition coefficient (Wildman–Crippen LogP) is 4.70. The van der Waals surface area contributed by atoms with Crippen LogP contribution < -0.4 is 14.8 Å². The minimum absolute atomic E-state index is 0.127. The Morgan fingerprint density at radius 1 is 0.880 bits per heavy atom. The lowest BCUT2D eigenvalue weighted by atomic mass is 9.88. The van der Waals surface area contributed by atoms with Crippen molar-refractivity contribution >= 4 is 0 Å². The standard InChI is InChI=1S/C19H20F3NO2/c20-19(21,22)25-17-8-6-16(7-9-17)24-18(14-4-2-1-3-5-14)15-10-12-23-13-11-15/h1-9,15,18,23H,10-13H2. The molecule has 1 unspecified atom stereocenters. The van der Waals surface area contributed by atoms with E-state index in [9.17, 15) is 13.2 Å². The zero-order valence-electron chi connectivity index (χ0n) is 13.6. The van der Waals surface area contributed by atoms with Gasteiger partial charge >= 0.3 is 6.36 Å². The highest BCUT2D eigenvalue weighted by Gasteiger charge is 2.31. The normalized spacial score (nSPS) is 17.1. The zero-order valence-corrected chi connectivity index (χ0v) is 13.6. The SMILES string of the molecule is FC(F)(F)Oc1ccc(OC(c2ccccc2)C2CCNCC2)cc1. The van der Waals surface area contributed by atoms with E-state index >= 15 is 0 Å². The van der Waals surface area contributed by atoms with Gasteiger partial charge in [0.15, 0.2) is 0 Å². The van der Waals surface area contributed by atoms with E-state index in [4.69, 9.17) is 4.74 Å². The van der Waals surface area contributed by atoms with E-state index in [1.54, 1.807) is 0 Å². The molecule has 6 heteroatoms. The highest BCUT2D eigenvalue weighted by atomic mass is 19.4. The van der Waals surface area contributed by atoms with Gasteiger partial charge in [-0.2, -0.15) is 0 Å². The fourth-order valence-electron chi connectivity index (χ4n) is 3.09. The second kappa shape index (κ2) is 7.78. The highest BCUT2D eigenvalue weighted by molar-refractivity contribution is 5.32. The molecule has 3 rings (SSSR count). The van der Waals surface area contributed by atoms with E-state index in [0.29, 0.717) is 11.7 Å². The van der Waals surface area contributed by atoms with Crippen LogP contribution >= 0.6 is 0 Å². The van der Waals surface area contributed by atoms with Crippen LogP contribution in [-0.4, -0.2) is 19.5 Å². The van der Waals surface area contributed by atoms with Crippen LogP contribution in [0, 0.1) is 5.92 Å². The first kappa shape index (κ1) is 17.6. The van der Waals surface area contributed by atoms with Crippen molar-refractivity contribution < 1.29 is 22.6 Å². The van der Waals surface area contributed by atoms with Crippen molar-refractivity contribution in [3.63, 3.8) is 0 Å². The van der Waals surface area contributed by atoms with Crippen molar-refractivity contribution in [2.45, 2.75) is 25.3 Å². The molecule has 3 nitrogen and oxygen atoms in total. The number of ether oxygens (including phenoxy) is 2. The number of benzene rings is 2. The maximum atomic E-state index is 12.3. The van der Waals surface area contributed by atoms with Crippen LogP contribution in [0.15, 0.2) is 54.6 Å². The van der Waals surface area contributed by atoms with Gasteiger partial charge in [0.05, 0.1) is 0 Å². The minimum Gasteiger partial charge on any atom is -0.485 e. The van der Waals surface area contributed by atoms with Gasteiger partial charge in [-0.25, -0.2) is 0 Å². The van der Waals surface area contributed by atoms with Gasteiger partial charge in [-0.1, -0.05) is 30.3 Å². The first-order chi connectivity index (χ1) is 12.0. The molecule has 0 aromatic heterocycles. The molecule has 1 heterocycles. The summed E-state index contributed by atoms with van der Waals surface area (Å²) in [6.45, 7) is 1.88. The summed E-state index contributed by atoms with van der Waals surface area (Å²) in [6, 6.07) is 15.5. The smallest absolute Gasteiger partial charge is 0.485 e. The summed E-state index contributed by atoms with van der Waals surface area (Å²) in [5.74, 6) is 0.634. The predicted molar refractivity (Wildman–Crippen MR) is 88.5 cm³/mol. The van der Waals surface area contributed by atoms with Gasteiger partial charge in [0.1, 0.15) is 17.6 Å². The summed E-state index contributed by atoms with van der Waals surface area (Å²) in [7, 11) is 0. The van der Waals surface area contributed by atoms with E-state index < -0.39 is 6.36 Å². The van der Waals surface area contributed by atoms with Crippen LogP contribution in [0.2, 0.25) is 0 Å². The zero-order chi connectivity index (χ0) is 17.7. The van der Waals surface area contributed by atoms with Gasteiger partial charge in [0.2, 0.25) is 0 Å². The second-order valence-corrected chi connectivity index (χ2v) is 6.06. The third kappa shape index (κ3) is 5.13. The topological polar surface area (TPSA) is 30.5 Å². The molecule has 0 aliphatic carbocycles. The third-order valence-electron chi connectivity index (χ3n) is 4.26. The van der Waals surface area contributed by atoms with E-state index in [1.165, 1.54) is 24.3 Å². The molecule has 1 N–H and O–H groups in total. The van der Waals surface area contributed by atoms with Crippen molar-refractivity contribution in [2.24, 2.45) is 5.92 Å². The third-order valence-corrected chi connectivity index (χ3v) is 4.26. The van der Waals surface area contributed by atoms with Crippen LogP contribution in [0.3, 0.4) is 0 Å². The summed E-state index contributed by atoms with van der Waals surface area (Å²) in [5.41, 5.74) is 1.07. The fourth-order valence-corrected chi connectivity index (χ4v) is 3.09. The summed E-state index contributed by atoms with van der Waals surface area (Å²) in [6.07, 6.45) is -2.83. The molecule has 134 valence electrons. The largest absolute Gasteiger partial charge is 0.573 e. The molecule has 1 aliphatic heterocycles. The Morgan fingerprint density at radius 3 is 2.08 bits per heavy atom. The Morgan fingerprint density at radius 2 is 1.48 bits per heavy atom. The Kier molecular flexibility index (Phi) is 5.48. The van der Waals surface area contributed by atoms with Crippen molar-refractivity contribution in [1.29, 1.82) is 0 Å². The maximum absolute atomic E-state index is 12.3. The molecular weight excluding hydrogens is 331 g/mol. The number of rotatable bonds is 5. The number of hydrogen-bond acceptors (Lipinski definition) is 3. The molecular formula is C19H20F3NO2. The van der Waals surface area contributed by atoms with Crippen LogP contribution in [0.1, 0.15) is 24.5 Å². The van der Waals surface area contributed by atoms with Gasteiger partial charge in [-0.15, -0.1) is 13.2 Å². The van der Waals surface area contributed by atoms with Crippen molar-refractivity contribution in [3.8, 4) is 11.5 Å². The minimum atomic E-state index is -4.69. The highest BCUT2D eigenvalue weighted by Crippen LogP contribution is 2.34. The van der Waals surface area contributed by atoms with Crippen LogP contribution in [0.5, 0.6) is 11.5 Å². The molecule has 0 spiro atoms. The van der Waals surface area contributed by atoms with Gasteiger partial charge < -0.3 is 14.8 Å². The first-order valence-corrected chi connectivity index (χ1v) is 8.29. The van der Waals surface area contributed by atoms with E-state index in [1.807, 2.05) is 30.3 Å². The first-order valence-electron chi connectivity index (χ1n) is 8.29. The lowest BCUT2D eigenvalue weighted by Gasteiger charge is -2.31. The fraction of sp³-hybridized carbons (Fsp3) is 0.368. The number of halogens is 3. The molecule has 0 amide bonds. The molecule has 1 atom stereocenters. The van der Waals surface area contributed by atoms with Crippen LogP contribution in [-0.2, 0) is 0 Å². The number of piperidine rings is 1. The van der Waals surface area contributed by atoms with Crippen LogP contribution in [0.25, 0.3) is 0 Å². The second-order valence-electron chi connectivity index (χ2n) is 6.06. The summed E-state index contributed by atoms with van der Waals surface area (Å²) >= 11 is 0. The Labute approximate surface area is 144 Å². The molecule has 1 saturated heterocycles. The van der Waals surface area contributed by atoms with Gasteiger partial charge in [0.25, 0.3) is 0 Å². The summed E-state index contributed by atoms with van der Waals surface area (Å²) in [4.78, 5) is 0. The molecule has 1 aliphatic rings. The molecule has 2 aromatic rings. The number of nitrogens with one attached hydrogen (secondary N) is 1. The quantitative estimate of drug-likeness (QED) is 0.847. The van der Waals surface area contributed by atoms with E-state index in [-0.39, 0.29) is 11.9 Å². The molecule has 2 aromatic carbocycles. The number of alkyl halides is 3. The van der Waals surface area contributed by atoms with E-state index in [2.05, 4.69) is 10.1 Å². The van der Waals surface area contributed by atoms with Gasteiger partial charge in [-0.05, 0) is 55.8 Å².